The minimum atomic E-state index is -3.17. The summed E-state index contributed by atoms with van der Waals surface area (Å²) in [5.74, 6) is 0. The van der Waals surface area contributed by atoms with Crippen LogP contribution in [0.1, 0.15) is 13.8 Å². The van der Waals surface area contributed by atoms with Crippen molar-refractivity contribution in [3.63, 3.8) is 0 Å². The van der Waals surface area contributed by atoms with Crippen LogP contribution in [-0.4, -0.2) is 36.3 Å². The van der Waals surface area contributed by atoms with Crippen molar-refractivity contribution in [1.82, 2.24) is 10.3 Å². The predicted molar refractivity (Wildman–Crippen MR) is 73.6 cm³/mol. The van der Waals surface area contributed by atoms with Gasteiger partial charge in [0, 0.05) is 12.8 Å². The summed E-state index contributed by atoms with van der Waals surface area (Å²) in [6, 6.07) is 3.39. The fourth-order valence-corrected chi connectivity index (χ4v) is 1.80. The minimum absolute atomic E-state index is 0.248. The standard InChI is InChI=1S/C11H16N4O3S/c1-11(2,19(3,16)17)6-13-8-5-4-7(12)9-10(8)15-18-14-9/h4-5,13H,6,12H2,1-3H3. The first-order chi connectivity index (χ1) is 8.72. The molecular formula is C11H16N4O3S. The van der Waals surface area contributed by atoms with Crippen LogP contribution in [0.4, 0.5) is 11.4 Å². The van der Waals surface area contributed by atoms with E-state index in [0.717, 1.165) is 0 Å². The van der Waals surface area contributed by atoms with Crippen LogP contribution in [0.3, 0.4) is 0 Å². The summed E-state index contributed by atoms with van der Waals surface area (Å²) in [4.78, 5) is 0. The Labute approximate surface area is 111 Å². The summed E-state index contributed by atoms with van der Waals surface area (Å²) >= 11 is 0. The van der Waals surface area contributed by atoms with Gasteiger partial charge >= 0.3 is 0 Å². The quantitative estimate of drug-likeness (QED) is 0.807. The van der Waals surface area contributed by atoms with E-state index in [0.29, 0.717) is 22.4 Å². The molecule has 2 rings (SSSR count). The fourth-order valence-electron chi connectivity index (χ4n) is 1.47. The van der Waals surface area contributed by atoms with Gasteiger partial charge in [0.1, 0.15) is 0 Å². The van der Waals surface area contributed by atoms with Crippen molar-refractivity contribution in [3.8, 4) is 0 Å². The first-order valence-electron chi connectivity index (χ1n) is 5.66. The van der Waals surface area contributed by atoms with Gasteiger partial charge in [-0.15, -0.1) is 0 Å². The largest absolute Gasteiger partial charge is 0.397 e. The van der Waals surface area contributed by atoms with Crippen LogP contribution < -0.4 is 11.1 Å². The van der Waals surface area contributed by atoms with E-state index in [1.54, 1.807) is 26.0 Å². The first kappa shape index (κ1) is 13.6. The summed E-state index contributed by atoms with van der Waals surface area (Å²) < 4.78 is 27.0. The molecular weight excluding hydrogens is 268 g/mol. The fraction of sp³-hybridized carbons (Fsp3) is 0.455. The molecule has 0 radical (unpaired) electrons. The number of nitrogen functional groups attached to an aromatic ring is 1. The highest BCUT2D eigenvalue weighted by atomic mass is 32.2. The van der Waals surface area contributed by atoms with Crippen LogP contribution in [0.2, 0.25) is 0 Å². The zero-order valence-electron chi connectivity index (χ0n) is 11.0. The second kappa shape index (κ2) is 4.37. The number of sulfone groups is 1. The lowest BCUT2D eigenvalue weighted by atomic mass is 10.2. The molecule has 7 nitrogen and oxygen atoms in total. The summed E-state index contributed by atoms with van der Waals surface area (Å²) in [6.45, 7) is 3.56. The summed E-state index contributed by atoms with van der Waals surface area (Å²) in [7, 11) is -3.17. The number of aromatic nitrogens is 2. The maximum Gasteiger partial charge on any atom is 0.160 e. The number of nitrogens with two attached hydrogens (primary N) is 1. The minimum Gasteiger partial charge on any atom is -0.397 e. The van der Waals surface area contributed by atoms with Crippen molar-refractivity contribution < 1.29 is 13.0 Å². The predicted octanol–water partition coefficient (Wildman–Crippen LogP) is 1.04. The van der Waals surface area contributed by atoms with E-state index in [9.17, 15) is 8.42 Å². The monoisotopic (exact) mass is 284 g/mol. The molecule has 19 heavy (non-hydrogen) atoms. The van der Waals surface area contributed by atoms with Crippen LogP contribution >= 0.6 is 0 Å². The zero-order chi connectivity index (χ0) is 14.3. The van der Waals surface area contributed by atoms with Gasteiger partial charge in [0.2, 0.25) is 0 Å². The highest BCUT2D eigenvalue weighted by Gasteiger charge is 2.30. The molecule has 1 heterocycles. The highest BCUT2D eigenvalue weighted by molar-refractivity contribution is 7.92. The van der Waals surface area contributed by atoms with Gasteiger partial charge in [0.25, 0.3) is 0 Å². The smallest absolute Gasteiger partial charge is 0.160 e. The van der Waals surface area contributed by atoms with Crippen molar-refractivity contribution in [3.05, 3.63) is 12.1 Å². The lowest BCUT2D eigenvalue weighted by molar-refractivity contribution is 0.315. The van der Waals surface area contributed by atoms with Gasteiger partial charge in [0.05, 0.1) is 16.1 Å². The SMILES string of the molecule is CC(C)(CNc1ccc(N)c2nonc12)S(C)(=O)=O. The molecule has 0 aliphatic carbocycles. The third-order valence-corrected chi connectivity index (χ3v) is 5.31. The lowest BCUT2D eigenvalue weighted by Crippen LogP contribution is -2.38. The normalized spacial score (nSPS) is 12.8. The van der Waals surface area contributed by atoms with E-state index < -0.39 is 14.6 Å². The molecule has 1 aromatic carbocycles. The molecule has 0 amide bonds. The second-order valence-electron chi connectivity index (χ2n) is 5.05. The third kappa shape index (κ3) is 2.48. The van der Waals surface area contributed by atoms with E-state index in [-0.39, 0.29) is 6.54 Å². The van der Waals surface area contributed by atoms with Gasteiger partial charge in [0.15, 0.2) is 20.9 Å². The molecule has 0 aliphatic heterocycles. The Hall–Kier alpha value is -1.83. The Morgan fingerprint density at radius 1 is 1.32 bits per heavy atom. The van der Waals surface area contributed by atoms with E-state index >= 15 is 0 Å². The van der Waals surface area contributed by atoms with Crippen LogP contribution in [0, 0.1) is 0 Å². The molecule has 8 heteroatoms. The van der Waals surface area contributed by atoms with Crippen molar-refractivity contribution in [2.24, 2.45) is 0 Å². The zero-order valence-corrected chi connectivity index (χ0v) is 11.8. The average Bonchev–Trinajstić information content (AvgIpc) is 2.76. The van der Waals surface area contributed by atoms with Crippen molar-refractivity contribution in [2.45, 2.75) is 18.6 Å². The van der Waals surface area contributed by atoms with Crippen LogP contribution in [-0.2, 0) is 9.84 Å². The maximum absolute atomic E-state index is 11.6. The summed E-state index contributed by atoms with van der Waals surface area (Å²) in [6.07, 6.45) is 1.21. The van der Waals surface area contributed by atoms with E-state index in [1.807, 2.05) is 0 Å². The Kier molecular flexibility index (Phi) is 3.13. The van der Waals surface area contributed by atoms with E-state index in [4.69, 9.17) is 5.73 Å². The summed E-state index contributed by atoms with van der Waals surface area (Å²) in [5.41, 5.74) is 7.79. The maximum atomic E-state index is 11.6. The number of benzene rings is 1. The number of nitrogens with one attached hydrogen (secondary N) is 1. The van der Waals surface area contributed by atoms with Gasteiger partial charge < -0.3 is 11.1 Å². The lowest BCUT2D eigenvalue weighted by Gasteiger charge is -2.23. The molecule has 0 unspecified atom stereocenters. The molecule has 0 saturated heterocycles. The number of rotatable bonds is 4. The number of anilines is 2. The van der Waals surface area contributed by atoms with Crippen LogP contribution in [0.5, 0.6) is 0 Å². The van der Waals surface area contributed by atoms with Crippen LogP contribution in [0.15, 0.2) is 16.8 Å². The van der Waals surface area contributed by atoms with E-state index in [1.165, 1.54) is 6.26 Å². The van der Waals surface area contributed by atoms with Crippen molar-refractivity contribution in [2.75, 3.05) is 23.9 Å². The number of nitrogens with zero attached hydrogens (tertiary/aromatic N) is 2. The first-order valence-corrected chi connectivity index (χ1v) is 7.56. The number of hydrogen-bond acceptors (Lipinski definition) is 7. The second-order valence-corrected chi connectivity index (χ2v) is 7.70. The molecule has 0 bridgehead atoms. The van der Waals surface area contributed by atoms with Crippen molar-refractivity contribution >= 4 is 32.2 Å². The molecule has 2 aromatic rings. The van der Waals surface area contributed by atoms with Gasteiger partial charge in [-0.2, -0.15) is 0 Å². The van der Waals surface area contributed by atoms with E-state index in [2.05, 4.69) is 20.3 Å². The summed E-state index contributed by atoms with van der Waals surface area (Å²) in [5, 5.41) is 10.5. The van der Waals surface area contributed by atoms with Crippen LogP contribution in [0.25, 0.3) is 11.0 Å². The number of fused-ring (bicyclic) bond motifs is 1. The number of hydrogen-bond donors (Lipinski definition) is 2. The molecule has 0 aliphatic rings. The van der Waals surface area contributed by atoms with Gasteiger partial charge in [-0.25, -0.2) is 13.0 Å². The molecule has 1 aromatic heterocycles. The molecule has 3 N–H and O–H groups in total. The Morgan fingerprint density at radius 2 is 1.95 bits per heavy atom. The molecule has 0 fully saturated rings. The Bertz CT molecular complexity index is 706. The molecule has 0 atom stereocenters. The molecule has 0 spiro atoms. The van der Waals surface area contributed by atoms with Crippen molar-refractivity contribution in [1.29, 1.82) is 0 Å². The van der Waals surface area contributed by atoms with Gasteiger partial charge in [-0.3, -0.25) is 0 Å². The molecule has 104 valence electrons. The van der Waals surface area contributed by atoms with Gasteiger partial charge in [-0.05, 0) is 36.3 Å². The highest BCUT2D eigenvalue weighted by Crippen LogP contribution is 2.26. The third-order valence-electron chi connectivity index (χ3n) is 3.15. The Balaban J connectivity index is 2.29. The topological polar surface area (TPSA) is 111 Å². The Morgan fingerprint density at radius 3 is 2.58 bits per heavy atom. The molecule has 0 saturated carbocycles. The average molecular weight is 284 g/mol. The van der Waals surface area contributed by atoms with Gasteiger partial charge in [-0.1, -0.05) is 0 Å².